The van der Waals surface area contributed by atoms with Crippen molar-refractivity contribution in [3.63, 3.8) is 0 Å². The van der Waals surface area contributed by atoms with Crippen molar-refractivity contribution >= 4 is 11.8 Å². The van der Waals surface area contributed by atoms with Crippen molar-refractivity contribution in [2.45, 2.75) is 37.3 Å². The van der Waals surface area contributed by atoms with Crippen LogP contribution in [0.4, 0.5) is 8.78 Å². The van der Waals surface area contributed by atoms with Gasteiger partial charge < -0.3 is 19.3 Å². The molecule has 2 aliphatic heterocycles. The largest absolute Gasteiger partial charge is 0.459 e. The van der Waals surface area contributed by atoms with Gasteiger partial charge >= 0.3 is 0 Å². The molecule has 1 N–H and O–H groups in total. The Morgan fingerprint density at radius 2 is 2.09 bits per heavy atom. The molecule has 1 unspecified atom stereocenters. The molecule has 0 aromatic carbocycles. The Kier molecular flexibility index (Phi) is 4.09. The highest BCUT2D eigenvalue weighted by Gasteiger charge is 2.52. The number of likely N-dealkylation sites (tertiary alicyclic amines) is 2. The van der Waals surface area contributed by atoms with Crippen LogP contribution in [0.5, 0.6) is 0 Å². The maximum atomic E-state index is 12.7. The number of hydrogen-bond acceptors (Lipinski definition) is 4. The van der Waals surface area contributed by atoms with Crippen molar-refractivity contribution in [1.29, 1.82) is 0 Å². The van der Waals surface area contributed by atoms with Crippen molar-refractivity contribution in [2.75, 3.05) is 19.6 Å². The fraction of sp³-hybridized carbons (Fsp3) is 0.600. The lowest BCUT2D eigenvalue weighted by atomic mass is 9.92. The zero-order chi connectivity index (χ0) is 16.6. The molecule has 0 aliphatic carbocycles. The first-order valence-corrected chi connectivity index (χ1v) is 7.56. The number of piperidine rings is 1. The minimum atomic E-state index is -2.89. The summed E-state index contributed by atoms with van der Waals surface area (Å²) >= 11 is 0. The van der Waals surface area contributed by atoms with Gasteiger partial charge in [-0.1, -0.05) is 0 Å². The molecule has 1 aromatic heterocycles. The van der Waals surface area contributed by atoms with Crippen LogP contribution in [0.1, 0.15) is 29.8 Å². The molecule has 2 amide bonds. The van der Waals surface area contributed by atoms with Crippen molar-refractivity contribution in [2.24, 2.45) is 0 Å². The molecule has 0 spiro atoms. The third-order valence-corrected chi connectivity index (χ3v) is 4.43. The topological polar surface area (TPSA) is 74.0 Å². The molecule has 6 nitrogen and oxygen atoms in total. The summed E-state index contributed by atoms with van der Waals surface area (Å²) in [5, 5.41) is 9.59. The van der Waals surface area contributed by atoms with Gasteiger partial charge in [0.2, 0.25) is 5.91 Å². The van der Waals surface area contributed by atoms with Gasteiger partial charge in [0.15, 0.2) is 11.4 Å². The number of alkyl halides is 2. The van der Waals surface area contributed by atoms with Crippen LogP contribution in [-0.2, 0) is 4.79 Å². The van der Waals surface area contributed by atoms with Gasteiger partial charge in [0.05, 0.1) is 19.4 Å². The summed E-state index contributed by atoms with van der Waals surface area (Å²) in [6, 6.07) is 2.42. The highest BCUT2D eigenvalue weighted by molar-refractivity contribution is 5.95. The van der Waals surface area contributed by atoms with Crippen molar-refractivity contribution in [1.82, 2.24) is 9.80 Å². The lowest BCUT2D eigenvalue weighted by molar-refractivity contribution is -0.192. The molecule has 0 radical (unpaired) electrons. The van der Waals surface area contributed by atoms with Crippen LogP contribution in [0, 0.1) is 0 Å². The molecule has 3 rings (SSSR count). The van der Waals surface area contributed by atoms with Gasteiger partial charge in [-0.2, -0.15) is 0 Å². The maximum absolute atomic E-state index is 12.7. The number of aliphatic hydroxyl groups is 1. The number of halogens is 2. The van der Waals surface area contributed by atoms with Crippen molar-refractivity contribution in [3.05, 3.63) is 24.2 Å². The van der Waals surface area contributed by atoms with E-state index in [-0.39, 0.29) is 11.7 Å². The van der Waals surface area contributed by atoms with E-state index in [1.165, 1.54) is 22.1 Å². The van der Waals surface area contributed by atoms with E-state index in [0.717, 1.165) is 12.8 Å². The van der Waals surface area contributed by atoms with Crippen LogP contribution < -0.4 is 0 Å². The minimum absolute atomic E-state index is 0.150. The van der Waals surface area contributed by atoms with Crippen LogP contribution in [0.15, 0.2) is 22.8 Å². The average molecular weight is 328 g/mol. The Labute approximate surface area is 131 Å². The van der Waals surface area contributed by atoms with Gasteiger partial charge in [-0.05, 0) is 31.4 Å². The van der Waals surface area contributed by atoms with Crippen LogP contribution >= 0.6 is 0 Å². The standard InChI is InChI=1S/C15H18F2N2O4/c16-14(17)15(22)8-18(9-15)12(20)10-4-1-2-6-19(10)13(21)11-5-3-7-23-11/h3,5,7,10,14,22H,1-2,4,6,8-9H2. The Hall–Kier alpha value is -1.96. The van der Waals surface area contributed by atoms with E-state index in [4.69, 9.17) is 4.42 Å². The maximum Gasteiger partial charge on any atom is 0.290 e. The first kappa shape index (κ1) is 15.9. The van der Waals surface area contributed by atoms with E-state index in [2.05, 4.69) is 0 Å². The number of nitrogens with zero attached hydrogens (tertiary/aromatic N) is 2. The summed E-state index contributed by atoms with van der Waals surface area (Å²) in [6.45, 7) is -0.380. The minimum Gasteiger partial charge on any atom is -0.459 e. The summed E-state index contributed by atoms with van der Waals surface area (Å²) in [5.74, 6) is -0.620. The van der Waals surface area contributed by atoms with E-state index in [0.29, 0.717) is 13.0 Å². The summed E-state index contributed by atoms with van der Waals surface area (Å²) in [5.41, 5.74) is -2.12. The van der Waals surface area contributed by atoms with E-state index in [1.54, 1.807) is 6.07 Å². The number of carbonyl (C=O) groups excluding carboxylic acids is 2. The number of furan rings is 1. The number of amides is 2. The van der Waals surface area contributed by atoms with Gasteiger partial charge in [0, 0.05) is 6.54 Å². The zero-order valence-electron chi connectivity index (χ0n) is 12.5. The van der Waals surface area contributed by atoms with Crippen LogP contribution in [-0.4, -0.2) is 64.4 Å². The second-order valence-corrected chi connectivity index (χ2v) is 6.09. The van der Waals surface area contributed by atoms with E-state index < -0.39 is 37.1 Å². The third-order valence-electron chi connectivity index (χ3n) is 4.43. The molecule has 126 valence electrons. The van der Waals surface area contributed by atoms with Crippen LogP contribution in [0.3, 0.4) is 0 Å². The molecule has 3 heterocycles. The number of β-amino-alcohol motifs (C(OH)–C–C–N with tert-alkyl or cyclic N) is 1. The second-order valence-electron chi connectivity index (χ2n) is 6.09. The highest BCUT2D eigenvalue weighted by Crippen LogP contribution is 2.30. The molecule has 2 saturated heterocycles. The summed E-state index contributed by atoms with van der Waals surface area (Å²) < 4.78 is 30.4. The van der Waals surface area contributed by atoms with Crippen molar-refractivity contribution in [3.8, 4) is 0 Å². The Morgan fingerprint density at radius 3 is 2.70 bits per heavy atom. The first-order valence-electron chi connectivity index (χ1n) is 7.56. The van der Waals surface area contributed by atoms with Gasteiger partial charge in [0.1, 0.15) is 6.04 Å². The molecule has 2 fully saturated rings. The van der Waals surface area contributed by atoms with E-state index >= 15 is 0 Å². The normalized spacial score (nSPS) is 23.7. The monoisotopic (exact) mass is 328 g/mol. The SMILES string of the molecule is O=C(C1CCCCN1C(=O)c1ccco1)N1CC(O)(C(F)F)C1. The highest BCUT2D eigenvalue weighted by atomic mass is 19.3. The fourth-order valence-electron chi connectivity index (χ4n) is 3.09. The second kappa shape index (κ2) is 5.92. The molecule has 1 aromatic rings. The number of carbonyl (C=O) groups is 2. The Balaban J connectivity index is 1.70. The average Bonchev–Trinajstić information content (AvgIpc) is 3.04. The molecule has 0 bridgehead atoms. The third kappa shape index (κ3) is 2.83. The lowest BCUT2D eigenvalue weighted by Crippen LogP contribution is -2.69. The molecule has 0 saturated carbocycles. The van der Waals surface area contributed by atoms with E-state index in [9.17, 15) is 23.5 Å². The molecular weight excluding hydrogens is 310 g/mol. The van der Waals surface area contributed by atoms with E-state index in [1.807, 2.05) is 0 Å². The molecule has 2 aliphatic rings. The lowest BCUT2D eigenvalue weighted by Gasteiger charge is -2.48. The van der Waals surface area contributed by atoms with Gasteiger partial charge in [0.25, 0.3) is 12.3 Å². The number of hydrogen-bond donors (Lipinski definition) is 1. The van der Waals surface area contributed by atoms with Crippen LogP contribution in [0.25, 0.3) is 0 Å². The molecule has 23 heavy (non-hydrogen) atoms. The summed E-state index contributed by atoms with van der Waals surface area (Å²) in [6.07, 6.45) is 0.530. The van der Waals surface area contributed by atoms with Gasteiger partial charge in [-0.15, -0.1) is 0 Å². The number of rotatable bonds is 3. The molecular formula is C15H18F2N2O4. The smallest absolute Gasteiger partial charge is 0.290 e. The van der Waals surface area contributed by atoms with Crippen LogP contribution in [0.2, 0.25) is 0 Å². The predicted molar refractivity (Wildman–Crippen MR) is 74.9 cm³/mol. The zero-order valence-corrected chi connectivity index (χ0v) is 12.5. The summed E-state index contributed by atoms with van der Waals surface area (Å²) in [4.78, 5) is 27.6. The predicted octanol–water partition coefficient (Wildman–Crippen LogP) is 1.11. The summed E-state index contributed by atoms with van der Waals surface area (Å²) in [7, 11) is 0. The quantitative estimate of drug-likeness (QED) is 0.902. The van der Waals surface area contributed by atoms with Gasteiger partial charge in [-0.3, -0.25) is 9.59 Å². The Bertz CT molecular complexity index is 584. The van der Waals surface area contributed by atoms with Crippen molar-refractivity contribution < 1.29 is 27.9 Å². The fourth-order valence-corrected chi connectivity index (χ4v) is 3.09. The molecule has 1 atom stereocenters. The molecule has 8 heteroatoms. The Morgan fingerprint density at radius 1 is 1.35 bits per heavy atom. The van der Waals surface area contributed by atoms with Gasteiger partial charge in [-0.25, -0.2) is 8.78 Å². The first-order chi connectivity index (χ1) is 10.9.